The van der Waals surface area contributed by atoms with Crippen LogP contribution < -0.4 is 15.8 Å². The first kappa shape index (κ1) is 11.3. The molecule has 0 spiro atoms. The first-order valence-electron chi connectivity index (χ1n) is 5.28. The number of nitrogens with two attached hydrogens (primary N) is 1. The Morgan fingerprint density at radius 2 is 2.18 bits per heavy atom. The van der Waals surface area contributed by atoms with Gasteiger partial charge in [0.1, 0.15) is 17.2 Å². The number of nitrogens with one attached hydrogen (secondary N) is 1. The first-order valence-corrected chi connectivity index (χ1v) is 5.28. The Kier molecular flexibility index (Phi) is 3.18. The van der Waals surface area contributed by atoms with Gasteiger partial charge in [0.15, 0.2) is 0 Å². The highest BCUT2D eigenvalue weighted by Crippen LogP contribution is 2.22. The lowest BCUT2D eigenvalue weighted by atomic mass is 10.2. The van der Waals surface area contributed by atoms with E-state index in [1.54, 1.807) is 13.2 Å². The van der Waals surface area contributed by atoms with Crippen molar-refractivity contribution in [1.29, 1.82) is 0 Å². The van der Waals surface area contributed by atoms with Crippen molar-refractivity contribution in [2.45, 2.75) is 13.5 Å². The van der Waals surface area contributed by atoms with E-state index in [0.717, 1.165) is 22.9 Å². The van der Waals surface area contributed by atoms with E-state index in [1.807, 2.05) is 25.1 Å². The van der Waals surface area contributed by atoms with Crippen LogP contribution in [0.5, 0.6) is 5.75 Å². The van der Waals surface area contributed by atoms with Crippen LogP contribution in [0.4, 0.5) is 11.4 Å². The van der Waals surface area contributed by atoms with Gasteiger partial charge in [0.25, 0.3) is 0 Å². The maximum absolute atomic E-state index is 5.75. The second kappa shape index (κ2) is 4.78. The van der Waals surface area contributed by atoms with Crippen LogP contribution in [0.2, 0.25) is 0 Å². The first-order chi connectivity index (χ1) is 8.17. The summed E-state index contributed by atoms with van der Waals surface area (Å²) in [6.07, 6.45) is 0. The third kappa shape index (κ3) is 2.90. The van der Waals surface area contributed by atoms with Gasteiger partial charge in [-0.3, -0.25) is 0 Å². The van der Waals surface area contributed by atoms with Crippen LogP contribution in [0.15, 0.2) is 28.8 Å². The number of ether oxygens (including phenoxy) is 1. The third-order valence-corrected chi connectivity index (χ3v) is 2.31. The molecule has 0 aliphatic carbocycles. The maximum Gasteiger partial charge on any atom is 0.133 e. The molecule has 2 aromatic rings. The zero-order valence-corrected chi connectivity index (χ0v) is 9.86. The molecule has 0 atom stereocenters. The smallest absolute Gasteiger partial charge is 0.133 e. The average molecular weight is 233 g/mol. The molecule has 5 nitrogen and oxygen atoms in total. The predicted octanol–water partition coefficient (Wildman–Crippen LogP) is 2.19. The number of nitrogen functional groups attached to an aromatic ring is 1. The molecule has 3 N–H and O–H groups in total. The van der Waals surface area contributed by atoms with Crippen molar-refractivity contribution in [3.63, 3.8) is 0 Å². The van der Waals surface area contributed by atoms with Crippen LogP contribution in [0, 0.1) is 6.92 Å². The summed E-state index contributed by atoms with van der Waals surface area (Å²) >= 11 is 0. The molecule has 0 radical (unpaired) electrons. The summed E-state index contributed by atoms with van der Waals surface area (Å²) < 4.78 is 10.1. The lowest BCUT2D eigenvalue weighted by Crippen LogP contribution is -2.00. The van der Waals surface area contributed by atoms with Gasteiger partial charge in [-0.1, -0.05) is 5.16 Å². The van der Waals surface area contributed by atoms with Gasteiger partial charge in [-0.05, 0) is 13.0 Å². The fraction of sp³-hybridized carbons (Fsp3) is 0.250. The van der Waals surface area contributed by atoms with Gasteiger partial charge >= 0.3 is 0 Å². The van der Waals surface area contributed by atoms with Gasteiger partial charge < -0.3 is 20.3 Å². The second-order valence-corrected chi connectivity index (χ2v) is 3.78. The van der Waals surface area contributed by atoms with E-state index >= 15 is 0 Å². The zero-order valence-electron chi connectivity index (χ0n) is 9.86. The summed E-state index contributed by atoms with van der Waals surface area (Å²) in [5.41, 5.74) is 8.15. The number of rotatable bonds is 4. The quantitative estimate of drug-likeness (QED) is 0.792. The molecule has 90 valence electrons. The second-order valence-electron chi connectivity index (χ2n) is 3.78. The molecular formula is C12H15N3O2. The molecule has 0 saturated carbocycles. The SMILES string of the molecule is COc1cc(N)cc(NCc2cc(C)on2)c1. The van der Waals surface area contributed by atoms with Crippen LogP contribution in [-0.2, 0) is 6.54 Å². The normalized spacial score (nSPS) is 10.2. The van der Waals surface area contributed by atoms with E-state index in [9.17, 15) is 0 Å². The van der Waals surface area contributed by atoms with Crippen LogP contribution >= 0.6 is 0 Å². The van der Waals surface area contributed by atoms with E-state index in [2.05, 4.69) is 10.5 Å². The Bertz CT molecular complexity index is 508. The minimum atomic E-state index is 0.587. The molecule has 17 heavy (non-hydrogen) atoms. The molecule has 1 aromatic heterocycles. The van der Waals surface area contributed by atoms with Crippen molar-refractivity contribution in [2.24, 2.45) is 0 Å². The zero-order chi connectivity index (χ0) is 12.3. The number of anilines is 2. The highest BCUT2D eigenvalue weighted by molar-refractivity contribution is 5.59. The number of nitrogens with zero attached hydrogens (tertiary/aromatic N) is 1. The van der Waals surface area contributed by atoms with Crippen LogP contribution in [0.3, 0.4) is 0 Å². The summed E-state index contributed by atoms with van der Waals surface area (Å²) in [5, 5.41) is 7.10. The van der Waals surface area contributed by atoms with E-state index < -0.39 is 0 Å². The van der Waals surface area contributed by atoms with Crippen LogP contribution in [-0.4, -0.2) is 12.3 Å². The van der Waals surface area contributed by atoms with Gasteiger partial charge in [0.05, 0.1) is 13.7 Å². The molecule has 1 heterocycles. The molecule has 0 aliphatic heterocycles. The fourth-order valence-electron chi connectivity index (χ4n) is 1.54. The van der Waals surface area contributed by atoms with Gasteiger partial charge in [-0.2, -0.15) is 0 Å². The lowest BCUT2D eigenvalue weighted by molar-refractivity contribution is 0.391. The number of aromatic nitrogens is 1. The van der Waals surface area contributed by atoms with E-state index in [4.69, 9.17) is 15.0 Å². The third-order valence-electron chi connectivity index (χ3n) is 2.31. The molecular weight excluding hydrogens is 218 g/mol. The molecule has 1 aromatic carbocycles. The van der Waals surface area contributed by atoms with Gasteiger partial charge in [0, 0.05) is 29.6 Å². The summed E-state index contributed by atoms with van der Waals surface area (Å²) in [5.74, 6) is 1.52. The Hall–Kier alpha value is -2.17. The maximum atomic E-state index is 5.75. The molecule has 0 unspecified atom stereocenters. The van der Waals surface area contributed by atoms with Crippen molar-refractivity contribution in [3.8, 4) is 5.75 Å². The van der Waals surface area contributed by atoms with Crippen molar-refractivity contribution in [2.75, 3.05) is 18.2 Å². The minimum Gasteiger partial charge on any atom is -0.497 e. The number of aryl methyl sites for hydroxylation is 1. The Labute approximate surface area is 99.6 Å². The van der Waals surface area contributed by atoms with Crippen molar-refractivity contribution < 1.29 is 9.26 Å². The predicted molar refractivity (Wildman–Crippen MR) is 66.0 cm³/mol. The van der Waals surface area contributed by atoms with Crippen LogP contribution in [0.1, 0.15) is 11.5 Å². The number of hydrogen-bond donors (Lipinski definition) is 2. The van der Waals surface area contributed by atoms with Crippen molar-refractivity contribution >= 4 is 11.4 Å². The van der Waals surface area contributed by atoms with E-state index in [1.165, 1.54) is 0 Å². The van der Waals surface area contributed by atoms with Crippen LogP contribution in [0.25, 0.3) is 0 Å². The highest BCUT2D eigenvalue weighted by Gasteiger charge is 2.02. The van der Waals surface area contributed by atoms with Crippen molar-refractivity contribution in [3.05, 3.63) is 35.7 Å². The molecule has 0 amide bonds. The topological polar surface area (TPSA) is 73.3 Å². The van der Waals surface area contributed by atoms with E-state index in [0.29, 0.717) is 12.2 Å². The van der Waals surface area contributed by atoms with E-state index in [-0.39, 0.29) is 0 Å². The van der Waals surface area contributed by atoms with Gasteiger partial charge in [0.2, 0.25) is 0 Å². The summed E-state index contributed by atoms with van der Waals surface area (Å²) in [7, 11) is 1.61. The Balaban J connectivity index is 2.05. The molecule has 5 heteroatoms. The monoisotopic (exact) mass is 233 g/mol. The lowest BCUT2D eigenvalue weighted by Gasteiger charge is -2.08. The number of methoxy groups -OCH3 is 1. The standard InChI is InChI=1S/C12H15N3O2/c1-8-3-11(15-17-8)7-14-10-4-9(13)5-12(6-10)16-2/h3-6,14H,7,13H2,1-2H3. The van der Waals surface area contributed by atoms with Gasteiger partial charge in [-0.15, -0.1) is 0 Å². The Morgan fingerprint density at radius 3 is 2.82 bits per heavy atom. The molecule has 0 bridgehead atoms. The molecule has 0 saturated heterocycles. The fourth-order valence-corrected chi connectivity index (χ4v) is 1.54. The largest absolute Gasteiger partial charge is 0.497 e. The summed E-state index contributed by atoms with van der Waals surface area (Å²) in [6.45, 7) is 2.45. The van der Waals surface area contributed by atoms with Crippen molar-refractivity contribution in [1.82, 2.24) is 5.16 Å². The Morgan fingerprint density at radius 1 is 1.35 bits per heavy atom. The highest BCUT2D eigenvalue weighted by atomic mass is 16.5. The number of benzene rings is 1. The summed E-state index contributed by atoms with van der Waals surface area (Å²) in [4.78, 5) is 0. The number of hydrogen-bond acceptors (Lipinski definition) is 5. The molecule has 2 rings (SSSR count). The van der Waals surface area contributed by atoms with Gasteiger partial charge in [-0.25, -0.2) is 0 Å². The summed E-state index contributed by atoms with van der Waals surface area (Å²) in [6, 6.07) is 7.38. The minimum absolute atomic E-state index is 0.587. The average Bonchev–Trinajstić information content (AvgIpc) is 2.72. The molecule has 0 fully saturated rings. The molecule has 0 aliphatic rings.